The predicted molar refractivity (Wildman–Crippen MR) is 105 cm³/mol. The maximum atomic E-state index is 13.6. The van der Waals surface area contributed by atoms with Crippen molar-refractivity contribution >= 4 is 11.6 Å². The second-order valence-corrected chi connectivity index (χ2v) is 5.21. The molecule has 2 aromatic carbocycles. The summed E-state index contributed by atoms with van der Waals surface area (Å²) in [5, 5.41) is 2.64. The Morgan fingerprint density at radius 3 is 2.46 bits per heavy atom. The van der Waals surface area contributed by atoms with E-state index >= 15 is 0 Å². The molecule has 0 saturated heterocycles. The lowest BCUT2D eigenvalue weighted by molar-refractivity contribution is 0.102. The molecule has 0 aromatic heterocycles. The van der Waals surface area contributed by atoms with Gasteiger partial charge in [0.1, 0.15) is 17.3 Å². The fourth-order valence-corrected chi connectivity index (χ4v) is 1.90. The average Bonchev–Trinajstić information content (AvgIpc) is 2.62. The maximum Gasteiger partial charge on any atom is 0.258 e. The van der Waals surface area contributed by atoms with Crippen molar-refractivity contribution in [1.29, 1.82) is 0 Å². The van der Waals surface area contributed by atoms with Crippen molar-refractivity contribution in [3.05, 3.63) is 96.6 Å². The number of nitrogens with one attached hydrogen (secondary N) is 1. The summed E-state index contributed by atoms with van der Waals surface area (Å²) in [6, 6.07) is 12.6. The molecule has 0 fully saturated rings. The van der Waals surface area contributed by atoms with Crippen LogP contribution in [0.3, 0.4) is 0 Å². The van der Waals surface area contributed by atoms with E-state index in [-0.39, 0.29) is 5.56 Å². The van der Waals surface area contributed by atoms with Gasteiger partial charge in [-0.25, -0.2) is 4.39 Å². The van der Waals surface area contributed by atoms with Crippen LogP contribution < -0.4 is 15.8 Å². The minimum atomic E-state index is -0.569. The van der Waals surface area contributed by atoms with Gasteiger partial charge in [0, 0.05) is 11.8 Å². The summed E-state index contributed by atoms with van der Waals surface area (Å²) >= 11 is 0. The first kappa shape index (κ1) is 20.9. The number of allylic oxidation sites excluding steroid dienone is 3. The molecule has 0 heterocycles. The molecule has 3 N–H and O–H groups in total. The summed E-state index contributed by atoms with van der Waals surface area (Å²) in [5.74, 6) is -0.139. The number of rotatable bonds is 6. The second-order valence-electron chi connectivity index (χ2n) is 5.21. The van der Waals surface area contributed by atoms with Gasteiger partial charge in [-0.15, -0.1) is 0 Å². The number of benzene rings is 2. The first-order valence-corrected chi connectivity index (χ1v) is 7.90. The highest BCUT2D eigenvalue weighted by atomic mass is 19.1. The lowest BCUT2D eigenvalue weighted by atomic mass is 10.2. The topological polar surface area (TPSA) is 64.3 Å². The monoisotopic (exact) mass is 354 g/mol. The van der Waals surface area contributed by atoms with Gasteiger partial charge in [0.2, 0.25) is 0 Å². The summed E-state index contributed by atoms with van der Waals surface area (Å²) in [6.45, 7) is 9.40. The Balaban J connectivity index is 0.00000163. The van der Waals surface area contributed by atoms with Crippen LogP contribution in [0.25, 0.3) is 0 Å². The Morgan fingerprint density at radius 1 is 1.12 bits per heavy atom. The lowest BCUT2D eigenvalue weighted by Gasteiger charge is -2.09. The fraction of sp³-hybridized carbons (Fsp3) is 0.0952. The van der Waals surface area contributed by atoms with Gasteiger partial charge in [0.05, 0.1) is 5.56 Å². The third kappa shape index (κ3) is 6.75. The third-order valence-electron chi connectivity index (χ3n) is 3.01. The molecule has 0 saturated carbocycles. The molecule has 0 radical (unpaired) electrons. The Kier molecular flexibility index (Phi) is 8.54. The zero-order valence-corrected chi connectivity index (χ0v) is 15.0. The number of halogens is 1. The first-order chi connectivity index (χ1) is 12.5. The molecular weight excluding hydrogens is 331 g/mol. The smallest absolute Gasteiger partial charge is 0.258 e. The van der Waals surface area contributed by atoms with Crippen molar-refractivity contribution in [3.63, 3.8) is 0 Å². The third-order valence-corrected chi connectivity index (χ3v) is 3.01. The summed E-state index contributed by atoms with van der Waals surface area (Å²) in [7, 11) is 1.50. The zero-order chi connectivity index (χ0) is 19.5. The van der Waals surface area contributed by atoms with Crippen LogP contribution in [0.15, 0.2) is 85.2 Å². The lowest BCUT2D eigenvalue weighted by Crippen LogP contribution is -2.13. The van der Waals surface area contributed by atoms with Gasteiger partial charge in [-0.2, -0.15) is 0 Å². The number of nitrogens with two attached hydrogens (primary N) is 1. The first-order valence-electron chi connectivity index (χ1n) is 7.90. The van der Waals surface area contributed by atoms with E-state index in [1.807, 2.05) is 6.92 Å². The number of carbonyl (C=O) groups excluding carboxylic acids is 1. The van der Waals surface area contributed by atoms with Crippen LogP contribution in [-0.2, 0) is 0 Å². The van der Waals surface area contributed by atoms with Crippen LogP contribution in [0, 0.1) is 5.82 Å². The maximum absolute atomic E-state index is 13.6. The Hall–Kier alpha value is -3.18. The minimum absolute atomic E-state index is 0.0161. The molecule has 0 atom stereocenters. The fourth-order valence-electron chi connectivity index (χ4n) is 1.90. The molecule has 5 heteroatoms. The molecule has 136 valence electrons. The van der Waals surface area contributed by atoms with Crippen LogP contribution in [-0.4, -0.2) is 13.0 Å². The Bertz CT molecular complexity index is 813. The van der Waals surface area contributed by atoms with Crippen molar-refractivity contribution in [3.8, 4) is 5.75 Å². The van der Waals surface area contributed by atoms with Crippen LogP contribution in [0.2, 0.25) is 0 Å². The van der Waals surface area contributed by atoms with E-state index in [4.69, 9.17) is 4.74 Å². The van der Waals surface area contributed by atoms with Crippen molar-refractivity contribution in [2.24, 2.45) is 5.73 Å². The van der Waals surface area contributed by atoms with Crippen LogP contribution in [0.4, 0.5) is 10.1 Å². The van der Waals surface area contributed by atoms with Gasteiger partial charge in [-0.05, 0) is 44.3 Å². The summed E-state index contributed by atoms with van der Waals surface area (Å²) in [5.41, 5.74) is 5.86. The van der Waals surface area contributed by atoms with Crippen LogP contribution >= 0.6 is 0 Å². The highest BCUT2D eigenvalue weighted by Crippen LogP contribution is 2.20. The highest BCUT2D eigenvalue weighted by molar-refractivity contribution is 6.04. The molecule has 0 bridgehead atoms. The molecule has 0 aliphatic carbocycles. The summed E-state index contributed by atoms with van der Waals surface area (Å²) in [6.07, 6.45) is 3.49. The van der Waals surface area contributed by atoms with Gasteiger partial charge in [0.25, 0.3) is 5.91 Å². The van der Waals surface area contributed by atoms with Crippen molar-refractivity contribution < 1.29 is 13.9 Å². The van der Waals surface area contributed by atoms with E-state index in [0.29, 0.717) is 17.2 Å². The number of anilines is 1. The van der Waals surface area contributed by atoms with Gasteiger partial charge in [-0.3, -0.25) is 4.79 Å². The SMILES string of the molecule is C=C(C)/C=C\C(=C)Oc1cccc(NC(=O)c2ccccc2F)c1.CN. The molecule has 0 aliphatic heterocycles. The van der Waals surface area contributed by atoms with E-state index in [1.165, 1.54) is 25.2 Å². The van der Waals surface area contributed by atoms with Crippen molar-refractivity contribution in [2.45, 2.75) is 6.92 Å². The van der Waals surface area contributed by atoms with Crippen molar-refractivity contribution in [2.75, 3.05) is 12.4 Å². The molecule has 0 unspecified atom stereocenters. The molecule has 0 aliphatic rings. The summed E-state index contributed by atoms with van der Waals surface area (Å²) < 4.78 is 19.2. The van der Waals surface area contributed by atoms with E-state index < -0.39 is 11.7 Å². The Labute approximate surface area is 153 Å². The molecule has 1 amide bonds. The van der Waals surface area contributed by atoms with E-state index in [1.54, 1.807) is 42.5 Å². The van der Waals surface area contributed by atoms with Gasteiger partial charge in [0.15, 0.2) is 0 Å². The molecule has 2 rings (SSSR count). The highest BCUT2D eigenvalue weighted by Gasteiger charge is 2.11. The molecule has 4 nitrogen and oxygen atoms in total. The molecule has 2 aromatic rings. The number of amides is 1. The normalized spacial score (nSPS) is 9.85. The van der Waals surface area contributed by atoms with E-state index in [0.717, 1.165) is 5.57 Å². The number of ether oxygens (including phenoxy) is 1. The van der Waals surface area contributed by atoms with Crippen molar-refractivity contribution in [1.82, 2.24) is 0 Å². The Morgan fingerprint density at radius 2 is 1.81 bits per heavy atom. The summed E-state index contributed by atoms with van der Waals surface area (Å²) in [4.78, 5) is 12.1. The van der Waals surface area contributed by atoms with Gasteiger partial charge in [-0.1, -0.05) is 43.0 Å². The van der Waals surface area contributed by atoms with Crippen LogP contribution in [0.1, 0.15) is 17.3 Å². The zero-order valence-electron chi connectivity index (χ0n) is 15.0. The average molecular weight is 354 g/mol. The number of hydrogen-bond acceptors (Lipinski definition) is 3. The molecular formula is C21H23FN2O2. The predicted octanol–water partition coefficient (Wildman–Crippen LogP) is 4.68. The van der Waals surface area contributed by atoms with E-state index in [9.17, 15) is 9.18 Å². The number of hydrogen-bond donors (Lipinski definition) is 2. The standard InChI is InChI=1S/C20H18FNO2.CH5N/c1-14(2)11-12-15(3)24-17-8-6-7-16(13-17)22-20(23)18-9-4-5-10-19(18)21;1-2/h4-13H,1,3H2,2H3,(H,22,23);2H2,1H3/b12-11-;. The largest absolute Gasteiger partial charge is 0.458 e. The minimum Gasteiger partial charge on any atom is -0.458 e. The van der Waals surface area contributed by atoms with E-state index in [2.05, 4.69) is 24.2 Å². The quantitative estimate of drug-likeness (QED) is 0.585. The number of carbonyl (C=O) groups is 1. The molecule has 26 heavy (non-hydrogen) atoms. The van der Waals surface area contributed by atoms with Gasteiger partial charge < -0.3 is 15.8 Å². The van der Waals surface area contributed by atoms with Crippen LogP contribution in [0.5, 0.6) is 5.75 Å². The molecule has 0 spiro atoms. The van der Waals surface area contributed by atoms with Gasteiger partial charge >= 0.3 is 0 Å². The second kappa shape index (κ2) is 10.6.